The lowest BCUT2D eigenvalue weighted by atomic mass is 10.3. The van der Waals surface area contributed by atoms with E-state index in [9.17, 15) is 0 Å². The summed E-state index contributed by atoms with van der Waals surface area (Å²) in [5.41, 5.74) is 7.99. The SMILES string of the molecule is COCCCCSc1nc2ccc(N)cc2o1. The van der Waals surface area contributed by atoms with Crippen LogP contribution in [0.5, 0.6) is 0 Å². The fraction of sp³-hybridized carbons (Fsp3) is 0.417. The van der Waals surface area contributed by atoms with Gasteiger partial charge < -0.3 is 14.9 Å². The van der Waals surface area contributed by atoms with Gasteiger partial charge in [0.15, 0.2) is 5.58 Å². The smallest absolute Gasteiger partial charge is 0.256 e. The van der Waals surface area contributed by atoms with Crippen LogP contribution in [0, 0.1) is 0 Å². The molecule has 17 heavy (non-hydrogen) atoms. The third-order valence-electron chi connectivity index (χ3n) is 2.36. The Kier molecular flexibility index (Phi) is 4.28. The first-order valence-corrected chi connectivity index (χ1v) is 6.56. The molecule has 0 fully saturated rings. The average molecular weight is 252 g/mol. The summed E-state index contributed by atoms with van der Waals surface area (Å²) in [5.74, 6) is 0.992. The van der Waals surface area contributed by atoms with Crippen LogP contribution in [-0.4, -0.2) is 24.5 Å². The van der Waals surface area contributed by atoms with Crippen LogP contribution in [0.15, 0.2) is 27.8 Å². The van der Waals surface area contributed by atoms with Crippen LogP contribution in [-0.2, 0) is 4.74 Å². The first kappa shape index (κ1) is 12.3. The van der Waals surface area contributed by atoms with Crippen molar-refractivity contribution in [2.75, 3.05) is 25.2 Å². The van der Waals surface area contributed by atoms with Crippen LogP contribution in [0.4, 0.5) is 5.69 Å². The summed E-state index contributed by atoms with van der Waals surface area (Å²) in [6.45, 7) is 0.810. The van der Waals surface area contributed by atoms with Crippen molar-refractivity contribution < 1.29 is 9.15 Å². The largest absolute Gasteiger partial charge is 0.431 e. The van der Waals surface area contributed by atoms with E-state index in [2.05, 4.69) is 4.98 Å². The topological polar surface area (TPSA) is 61.3 Å². The molecule has 0 aliphatic rings. The highest BCUT2D eigenvalue weighted by Gasteiger charge is 2.05. The zero-order chi connectivity index (χ0) is 12.1. The molecule has 0 aliphatic heterocycles. The minimum absolute atomic E-state index is 0.699. The number of methoxy groups -OCH3 is 1. The molecule has 0 spiro atoms. The van der Waals surface area contributed by atoms with Gasteiger partial charge in [-0.15, -0.1) is 0 Å². The van der Waals surface area contributed by atoms with E-state index in [0.29, 0.717) is 10.9 Å². The number of anilines is 1. The number of nitrogen functional groups attached to an aromatic ring is 1. The van der Waals surface area contributed by atoms with Crippen molar-refractivity contribution in [3.05, 3.63) is 18.2 Å². The van der Waals surface area contributed by atoms with E-state index in [1.54, 1.807) is 24.9 Å². The Morgan fingerprint density at radius 1 is 1.41 bits per heavy atom. The van der Waals surface area contributed by atoms with E-state index in [4.69, 9.17) is 14.9 Å². The number of nitrogens with zero attached hydrogens (tertiary/aromatic N) is 1. The van der Waals surface area contributed by atoms with E-state index in [1.165, 1.54) is 0 Å². The Hall–Kier alpha value is -1.20. The normalized spacial score (nSPS) is 11.1. The molecule has 0 saturated carbocycles. The minimum atomic E-state index is 0.699. The molecule has 0 amide bonds. The Labute approximate surface area is 105 Å². The van der Waals surface area contributed by atoms with Crippen molar-refractivity contribution in [1.29, 1.82) is 0 Å². The zero-order valence-electron chi connectivity index (χ0n) is 9.81. The molecule has 1 aromatic heterocycles. The maximum absolute atomic E-state index is 5.68. The van der Waals surface area contributed by atoms with Crippen LogP contribution in [0.2, 0.25) is 0 Å². The van der Waals surface area contributed by atoms with Crippen LogP contribution >= 0.6 is 11.8 Å². The van der Waals surface area contributed by atoms with Gasteiger partial charge in [0, 0.05) is 31.2 Å². The van der Waals surface area contributed by atoms with Gasteiger partial charge >= 0.3 is 0 Å². The van der Waals surface area contributed by atoms with Crippen molar-refractivity contribution in [2.24, 2.45) is 0 Å². The summed E-state index contributed by atoms with van der Waals surface area (Å²) in [4.78, 5) is 4.38. The van der Waals surface area contributed by atoms with Gasteiger partial charge in [-0.25, -0.2) is 4.98 Å². The van der Waals surface area contributed by atoms with Crippen molar-refractivity contribution in [3.8, 4) is 0 Å². The molecule has 0 aliphatic carbocycles. The number of nitrogens with two attached hydrogens (primary N) is 1. The molecule has 0 bridgehead atoms. The van der Waals surface area contributed by atoms with Crippen molar-refractivity contribution in [1.82, 2.24) is 4.98 Å². The monoisotopic (exact) mass is 252 g/mol. The molecule has 4 nitrogen and oxygen atoms in total. The molecular formula is C12H16N2O2S. The Morgan fingerprint density at radius 3 is 3.12 bits per heavy atom. The summed E-state index contributed by atoms with van der Waals surface area (Å²) in [5, 5.41) is 0.711. The molecule has 0 unspecified atom stereocenters. The van der Waals surface area contributed by atoms with E-state index >= 15 is 0 Å². The maximum atomic E-state index is 5.68. The molecule has 1 aromatic carbocycles. The van der Waals surface area contributed by atoms with Gasteiger partial charge in [0.25, 0.3) is 5.22 Å². The number of hydrogen-bond donors (Lipinski definition) is 1. The lowest BCUT2D eigenvalue weighted by Gasteiger charge is -1.97. The lowest BCUT2D eigenvalue weighted by Crippen LogP contribution is -1.89. The van der Waals surface area contributed by atoms with Gasteiger partial charge in [0.1, 0.15) is 5.52 Å². The first-order valence-electron chi connectivity index (χ1n) is 5.57. The first-order chi connectivity index (χ1) is 8.29. The number of unbranched alkanes of at least 4 members (excludes halogenated alkanes) is 1. The minimum Gasteiger partial charge on any atom is -0.431 e. The molecule has 0 radical (unpaired) electrons. The molecule has 0 atom stereocenters. The van der Waals surface area contributed by atoms with E-state index in [-0.39, 0.29) is 0 Å². The Morgan fingerprint density at radius 2 is 2.29 bits per heavy atom. The van der Waals surface area contributed by atoms with Crippen molar-refractivity contribution in [3.63, 3.8) is 0 Å². The molecule has 2 N–H and O–H groups in total. The fourth-order valence-corrected chi connectivity index (χ4v) is 2.32. The summed E-state index contributed by atoms with van der Waals surface area (Å²) < 4.78 is 10.6. The second-order valence-corrected chi connectivity index (χ2v) is 4.80. The highest BCUT2D eigenvalue weighted by Crippen LogP contribution is 2.25. The van der Waals surface area contributed by atoms with Crippen LogP contribution < -0.4 is 5.73 Å². The highest BCUT2D eigenvalue weighted by molar-refractivity contribution is 7.99. The number of thioether (sulfide) groups is 1. The number of rotatable bonds is 6. The summed E-state index contributed by atoms with van der Waals surface area (Å²) >= 11 is 1.63. The second-order valence-electron chi connectivity index (χ2n) is 3.76. The predicted molar refractivity (Wildman–Crippen MR) is 70.3 cm³/mol. The molecule has 92 valence electrons. The third kappa shape index (κ3) is 3.38. The van der Waals surface area contributed by atoms with Gasteiger partial charge in [-0.3, -0.25) is 0 Å². The van der Waals surface area contributed by atoms with Crippen LogP contribution in [0.25, 0.3) is 11.1 Å². The summed E-state index contributed by atoms with van der Waals surface area (Å²) in [6, 6.07) is 5.51. The molecule has 2 aromatic rings. The van der Waals surface area contributed by atoms with Gasteiger partial charge in [-0.1, -0.05) is 11.8 Å². The molecule has 2 rings (SSSR count). The molecule has 0 saturated heterocycles. The molecule has 5 heteroatoms. The van der Waals surface area contributed by atoms with Crippen LogP contribution in [0.3, 0.4) is 0 Å². The maximum Gasteiger partial charge on any atom is 0.256 e. The number of aromatic nitrogens is 1. The quantitative estimate of drug-likeness (QED) is 0.486. The number of hydrogen-bond acceptors (Lipinski definition) is 5. The number of ether oxygens (including phenoxy) is 1. The van der Waals surface area contributed by atoms with E-state index in [1.807, 2.05) is 12.1 Å². The van der Waals surface area contributed by atoms with E-state index < -0.39 is 0 Å². The Balaban J connectivity index is 1.91. The second kappa shape index (κ2) is 5.93. The fourth-order valence-electron chi connectivity index (χ4n) is 1.49. The van der Waals surface area contributed by atoms with Gasteiger partial charge in [0.2, 0.25) is 0 Å². The molecular weight excluding hydrogens is 236 g/mol. The number of oxazole rings is 1. The predicted octanol–water partition coefficient (Wildman–Crippen LogP) is 2.93. The summed E-state index contributed by atoms with van der Waals surface area (Å²) in [7, 11) is 1.72. The summed E-state index contributed by atoms with van der Waals surface area (Å²) in [6.07, 6.45) is 2.16. The van der Waals surface area contributed by atoms with E-state index in [0.717, 1.165) is 36.3 Å². The van der Waals surface area contributed by atoms with Crippen LogP contribution in [0.1, 0.15) is 12.8 Å². The van der Waals surface area contributed by atoms with Gasteiger partial charge in [0.05, 0.1) is 0 Å². The zero-order valence-corrected chi connectivity index (χ0v) is 10.6. The van der Waals surface area contributed by atoms with Gasteiger partial charge in [-0.05, 0) is 25.0 Å². The highest BCUT2D eigenvalue weighted by atomic mass is 32.2. The average Bonchev–Trinajstić information content (AvgIpc) is 2.70. The third-order valence-corrected chi connectivity index (χ3v) is 3.28. The number of benzene rings is 1. The van der Waals surface area contributed by atoms with Crippen molar-refractivity contribution >= 4 is 28.5 Å². The Bertz CT molecular complexity index is 484. The number of fused-ring (bicyclic) bond motifs is 1. The van der Waals surface area contributed by atoms with Gasteiger partial charge in [-0.2, -0.15) is 0 Å². The lowest BCUT2D eigenvalue weighted by molar-refractivity contribution is 0.194. The standard InChI is InChI=1S/C12H16N2O2S/c1-15-6-2-3-7-17-12-14-10-5-4-9(13)8-11(10)16-12/h4-5,8H,2-3,6-7,13H2,1H3. The molecule has 1 heterocycles. The van der Waals surface area contributed by atoms with Crippen molar-refractivity contribution in [2.45, 2.75) is 18.1 Å².